The second kappa shape index (κ2) is 4.31. The van der Waals surface area contributed by atoms with E-state index in [1.54, 1.807) is 0 Å². The number of nitrogens with one attached hydrogen (secondary N) is 1. The van der Waals surface area contributed by atoms with Gasteiger partial charge in [-0.2, -0.15) is 0 Å². The van der Waals surface area contributed by atoms with E-state index in [0.29, 0.717) is 13.2 Å². The van der Waals surface area contributed by atoms with Crippen molar-refractivity contribution < 1.29 is 9.47 Å². The van der Waals surface area contributed by atoms with Gasteiger partial charge < -0.3 is 14.8 Å². The van der Waals surface area contributed by atoms with Crippen LogP contribution in [0.2, 0.25) is 0 Å². The molecule has 0 saturated carbocycles. The predicted molar refractivity (Wildman–Crippen MR) is 90.0 cm³/mol. The Morgan fingerprint density at radius 2 is 1.96 bits per heavy atom. The van der Waals surface area contributed by atoms with Gasteiger partial charge in [-0.25, -0.2) is 0 Å². The van der Waals surface area contributed by atoms with Crippen molar-refractivity contribution >= 4 is 6.08 Å². The Hall–Kier alpha value is -2.42. The van der Waals surface area contributed by atoms with Crippen molar-refractivity contribution in [3.63, 3.8) is 0 Å². The molecular weight excluding hydrogens is 286 g/mol. The van der Waals surface area contributed by atoms with Crippen LogP contribution in [0.3, 0.4) is 0 Å². The van der Waals surface area contributed by atoms with Crippen LogP contribution in [0, 0.1) is 0 Å². The Morgan fingerprint density at radius 1 is 1.13 bits per heavy atom. The molecule has 0 spiro atoms. The molecule has 116 valence electrons. The summed E-state index contributed by atoms with van der Waals surface area (Å²) in [5, 5.41) is 3.54. The Morgan fingerprint density at radius 3 is 2.87 bits per heavy atom. The zero-order chi connectivity index (χ0) is 15.6. The molecule has 3 aliphatic rings. The van der Waals surface area contributed by atoms with Crippen LogP contribution in [0.5, 0.6) is 11.5 Å². The maximum Gasteiger partial charge on any atom is 0.165 e. The van der Waals surface area contributed by atoms with Crippen molar-refractivity contribution in [2.45, 2.75) is 25.3 Å². The highest BCUT2D eigenvalue weighted by molar-refractivity contribution is 5.73. The first-order chi connectivity index (χ1) is 11.2. The zero-order valence-electron chi connectivity index (χ0n) is 13.3. The average Bonchev–Trinajstić information content (AvgIpc) is 2.58. The van der Waals surface area contributed by atoms with Crippen LogP contribution in [-0.2, 0) is 5.41 Å². The zero-order valence-corrected chi connectivity index (χ0v) is 13.3. The lowest BCUT2D eigenvalue weighted by Gasteiger charge is -2.43. The summed E-state index contributed by atoms with van der Waals surface area (Å²) in [4.78, 5) is 0. The molecule has 1 unspecified atom stereocenters. The molecule has 0 aromatic heterocycles. The van der Waals surface area contributed by atoms with E-state index in [-0.39, 0.29) is 11.5 Å². The second-order valence-electron chi connectivity index (χ2n) is 6.92. The third kappa shape index (κ3) is 1.60. The van der Waals surface area contributed by atoms with Crippen LogP contribution in [0.15, 0.2) is 36.5 Å². The first kappa shape index (κ1) is 13.1. The topological polar surface area (TPSA) is 30.5 Å². The molecule has 2 aliphatic heterocycles. The first-order valence-corrected chi connectivity index (χ1v) is 8.17. The fourth-order valence-electron chi connectivity index (χ4n) is 4.30. The van der Waals surface area contributed by atoms with Crippen molar-refractivity contribution in [2.75, 3.05) is 13.2 Å². The van der Waals surface area contributed by atoms with Gasteiger partial charge in [0, 0.05) is 11.0 Å². The average molecular weight is 305 g/mol. The molecule has 3 heteroatoms. The molecule has 0 amide bonds. The molecule has 1 atom stereocenters. The van der Waals surface area contributed by atoms with Crippen LogP contribution < -0.4 is 14.8 Å². The van der Waals surface area contributed by atoms with Gasteiger partial charge in [0.25, 0.3) is 0 Å². The van der Waals surface area contributed by atoms with Gasteiger partial charge in [-0.1, -0.05) is 38.1 Å². The summed E-state index contributed by atoms with van der Waals surface area (Å²) < 4.78 is 12.0. The van der Waals surface area contributed by atoms with Crippen LogP contribution in [0.4, 0.5) is 0 Å². The minimum absolute atomic E-state index is 0.115. The molecule has 1 N–H and O–H groups in total. The fourth-order valence-corrected chi connectivity index (χ4v) is 4.30. The summed E-state index contributed by atoms with van der Waals surface area (Å²) in [5.41, 5.74) is 6.43. The lowest BCUT2D eigenvalue weighted by molar-refractivity contribution is 0.167. The molecule has 1 aliphatic carbocycles. The summed E-state index contributed by atoms with van der Waals surface area (Å²) in [6, 6.07) is 11.0. The molecule has 0 saturated heterocycles. The van der Waals surface area contributed by atoms with E-state index < -0.39 is 0 Å². The quantitative estimate of drug-likeness (QED) is 0.804. The van der Waals surface area contributed by atoms with Gasteiger partial charge >= 0.3 is 0 Å². The van der Waals surface area contributed by atoms with Crippen molar-refractivity contribution in [2.24, 2.45) is 0 Å². The van der Waals surface area contributed by atoms with Gasteiger partial charge in [0.1, 0.15) is 13.2 Å². The Bertz CT molecular complexity index is 851. The summed E-state index contributed by atoms with van der Waals surface area (Å²) in [6.45, 7) is 5.81. The fraction of sp³-hybridized carbons (Fsp3) is 0.300. The summed E-state index contributed by atoms with van der Waals surface area (Å²) in [5.74, 6) is 1.80. The van der Waals surface area contributed by atoms with Crippen molar-refractivity contribution in [3.05, 3.63) is 64.3 Å². The highest BCUT2D eigenvalue weighted by Crippen LogP contribution is 2.54. The molecule has 2 heterocycles. The number of hydrogen-bond acceptors (Lipinski definition) is 3. The third-order valence-electron chi connectivity index (χ3n) is 5.29. The van der Waals surface area contributed by atoms with Crippen molar-refractivity contribution in [1.82, 2.24) is 5.32 Å². The van der Waals surface area contributed by atoms with Gasteiger partial charge in [-0.3, -0.25) is 0 Å². The first-order valence-electron chi connectivity index (χ1n) is 8.17. The lowest BCUT2D eigenvalue weighted by atomic mass is 9.65. The normalized spacial score (nSPS) is 21.9. The summed E-state index contributed by atoms with van der Waals surface area (Å²) in [6.07, 6.45) is 4.18. The number of fused-ring (bicyclic) bond motifs is 4. The van der Waals surface area contributed by atoms with E-state index in [1.165, 1.54) is 27.8 Å². The van der Waals surface area contributed by atoms with Gasteiger partial charge in [-0.05, 0) is 40.6 Å². The van der Waals surface area contributed by atoms with E-state index in [4.69, 9.17) is 9.47 Å². The highest BCUT2D eigenvalue weighted by atomic mass is 16.6. The number of hydrogen-bond donors (Lipinski definition) is 1. The largest absolute Gasteiger partial charge is 0.486 e. The standard InChI is InChI=1S/C20H19NO2/c1-20(2)14-6-4-3-5-13(14)18-16-12(7-8-21-18)11-15-19(17(16)20)23-10-9-22-15/h3-8,11,18,21H,9-10H2,1-2H3. The van der Waals surface area contributed by atoms with Crippen molar-refractivity contribution in [3.8, 4) is 11.5 Å². The maximum absolute atomic E-state index is 6.07. The second-order valence-corrected chi connectivity index (χ2v) is 6.92. The monoisotopic (exact) mass is 305 g/mol. The third-order valence-corrected chi connectivity index (χ3v) is 5.29. The lowest BCUT2D eigenvalue weighted by Crippen LogP contribution is -2.36. The molecule has 0 radical (unpaired) electrons. The van der Waals surface area contributed by atoms with E-state index in [2.05, 4.69) is 55.6 Å². The highest BCUT2D eigenvalue weighted by Gasteiger charge is 2.43. The van der Waals surface area contributed by atoms with Crippen LogP contribution in [0.25, 0.3) is 6.08 Å². The van der Waals surface area contributed by atoms with Crippen LogP contribution in [0.1, 0.15) is 47.7 Å². The molecule has 23 heavy (non-hydrogen) atoms. The molecule has 5 rings (SSSR count). The number of rotatable bonds is 0. The molecular formula is C20H19NO2. The molecule has 3 nitrogen and oxygen atoms in total. The maximum atomic E-state index is 6.07. The molecule has 2 aromatic carbocycles. The van der Waals surface area contributed by atoms with Crippen LogP contribution >= 0.6 is 0 Å². The number of benzene rings is 2. The van der Waals surface area contributed by atoms with E-state index in [9.17, 15) is 0 Å². The van der Waals surface area contributed by atoms with E-state index in [1.807, 2.05) is 6.20 Å². The van der Waals surface area contributed by atoms with E-state index in [0.717, 1.165) is 11.5 Å². The van der Waals surface area contributed by atoms with Crippen molar-refractivity contribution in [1.29, 1.82) is 0 Å². The Kier molecular flexibility index (Phi) is 2.45. The van der Waals surface area contributed by atoms with Gasteiger partial charge in [-0.15, -0.1) is 0 Å². The minimum Gasteiger partial charge on any atom is -0.486 e. The predicted octanol–water partition coefficient (Wildman–Crippen LogP) is 3.76. The van der Waals surface area contributed by atoms with E-state index >= 15 is 0 Å². The van der Waals surface area contributed by atoms with Gasteiger partial charge in [0.2, 0.25) is 0 Å². The molecule has 2 aromatic rings. The molecule has 0 bridgehead atoms. The number of ether oxygens (including phenoxy) is 2. The summed E-state index contributed by atoms with van der Waals surface area (Å²) >= 11 is 0. The summed E-state index contributed by atoms with van der Waals surface area (Å²) in [7, 11) is 0. The van der Waals surface area contributed by atoms with Crippen LogP contribution in [-0.4, -0.2) is 13.2 Å². The Labute approximate surface area is 135 Å². The molecule has 0 fully saturated rings. The van der Waals surface area contributed by atoms with Gasteiger partial charge in [0.15, 0.2) is 11.5 Å². The minimum atomic E-state index is -0.115. The smallest absolute Gasteiger partial charge is 0.165 e. The SMILES string of the molecule is CC1(C)c2ccccc2C2NC=Cc3cc4c(c1c32)OCCO4. The van der Waals surface area contributed by atoms with Gasteiger partial charge in [0.05, 0.1) is 6.04 Å². The Balaban J connectivity index is 1.90.